The molecule has 0 saturated carbocycles. The summed E-state index contributed by atoms with van der Waals surface area (Å²) < 4.78 is 0. The largest absolute Gasteiger partial charge is 0.345 e. The summed E-state index contributed by atoms with van der Waals surface area (Å²) >= 11 is 0. The lowest BCUT2D eigenvalue weighted by Gasteiger charge is -2.15. The van der Waals surface area contributed by atoms with E-state index in [0.29, 0.717) is 18.4 Å². The average molecular weight is 207 g/mol. The third-order valence-electron chi connectivity index (χ3n) is 3.38. The summed E-state index contributed by atoms with van der Waals surface area (Å²) in [4.78, 5) is 8.18. The van der Waals surface area contributed by atoms with E-state index in [1.165, 1.54) is 24.2 Å². The molecule has 0 aromatic carbocycles. The monoisotopic (exact) mass is 207 g/mol. The van der Waals surface area contributed by atoms with Gasteiger partial charge in [0.05, 0.1) is 5.69 Å². The molecule has 3 N–H and O–H groups in total. The molecular formula is C12H21N3. The zero-order valence-corrected chi connectivity index (χ0v) is 9.71. The minimum Gasteiger partial charge on any atom is -0.345 e. The highest BCUT2D eigenvalue weighted by molar-refractivity contribution is 5.19. The molecule has 0 radical (unpaired) electrons. The highest BCUT2D eigenvalue weighted by Crippen LogP contribution is 2.25. The van der Waals surface area contributed by atoms with Gasteiger partial charge in [-0.2, -0.15) is 0 Å². The molecule has 1 aromatic rings. The van der Waals surface area contributed by atoms with E-state index in [4.69, 9.17) is 10.7 Å². The molecular weight excluding hydrogens is 186 g/mol. The van der Waals surface area contributed by atoms with Crippen molar-refractivity contribution < 1.29 is 0 Å². The molecule has 0 amide bonds. The Hall–Kier alpha value is -0.830. The minimum absolute atomic E-state index is 0.385. The van der Waals surface area contributed by atoms with Crippen molar-refractivity contribution in [1.82, 2.24) is 9.97 Å². The molecule has 0 spiro atoms. The number of aromatic amines is 1. The van der Waals surface area contributed by atoms with Gasteiger partial charge in [0.15, 0.2) is 0 Å². The van der Waals surface area contributed by atoms with Gasteiger partial charge in [0, 0.05) is 18.2 Å². The number of aryl methyl sites for hydroxylation is 2. The maximum absolute atomic E-state index is 5.80. The van der Waals surface area contributed by atoms with E-state index in [9.17, 15) is 0 Å². The summed E-state index contributed by atoms with van der Waals surface area (Å²) in [7, 11) is 0. The number of nitrogens with zero attached hydrogens (tertiary/aromatic N) is 1. The normalized spacial score (nSPS) is 17.9. The number of hydrogen-bond acceptors (Lipinski definition) is 2. The van der Waals surface area contributed by atoms with Crippen molar-refractivity contribution in [2.24, 2.45) is 11.7 Å². The third kappa shape index (κ3) is 2.07. The maximum Gasteiger partial charge on any atom is 0.111 e. The third-order valence-corrected chi connectivity index (χ3v) is 3.38. The van der Waals surface area contributed by atoms with Gasteiger partial charge >= 0.3 is 0 Å². The summed E-state index contributed by atoms with van der Waals surface area (Å²) in [6.45, 7) is 5.10. The number of nitrogens with one attached hydrogen (secondary N) is 1. The molecule has 84 valence electrons. The van der Waals surface area contributed by atoms with Gasteiger partial charge in [-0.25, -0.2) is 4.98 Å². The van der Waals surface area contributed by atoms with Crippen molar-refractivity contribution >= 4 is 0 Å². The van der Waals surface area contributed by atoms with E-state index >= 15 is 0 Å². The number of fused-ring (bicyclic) bond motifs is 1. The maximum atomic E-state index is 5.80. The quantitative estimate of drug-likeness (QED) is 0.796. The molecule has 1 atom stereocenters. The first kappa shape index (κ1) is 10.7. The highest BCUT2D eigenvalue weighted by Gasteiger charge is 2.21. The molecule has 0 bridgehead atoms. The minimum atomic E-state index is 0.385. The van der Waals surface area contributed by atoms with Crippen molar-refractivity contribution in [3.63, 3.8) is 0 Å². The van der Waals surface area contributed by atoms with E-state index in [1.54, 1.807) is 0 Å². The second kappa shape index (κ2) is 4.35. The number of imidazole rings is 1. The second-order valence-electron chi connectivity index (χ2n) is 4.84. The van der Waals surface area contributed by atoms with Gasteiger partial charge in [-0.1, -0.05) is 13.8 Å². The van der Waals surface area contributed by atoms with Crippen LogP contribution in [0.25, 0.3) is 0 Å². The Morgan fingerprint density at radius 2 is 2.07 bits per heavy atom. The molecule has 3 nitrogen and oxygen atoms in total. The van der Waals surface area contributed by atoms with Crippen LogP contribution in [0.1, 0.15) is 49.8 Å². The molecule has 1 heterocycles. The van der Waals surface area contributed by atoms with Crippen LogP contribution in [0.2, 0.25) is 0 Å². The Morgan fingerprint density at radius 1 is 1.33 bits per heavy atom. The van der Waals surface area contributed by atoms with Gasteiger partial charge in [0.25, 0.3) is 0 Å². The Labute approximate surface area is 91.5 Å². The van der Waals surface area contributed by atoms with Crippen LogP contribution in [0.5, 0.6) is 0 Å². The predicted molar refractivity (Wildman–Crippen MR) is 61.9 cm³/mol. The van der Waals surface area contributed by atoms with Crippen LogP contribution < -0.4 is 5.73 Å². The number of H-pyrrole nitrogens is 1. The lowest BCUT2D eigenvalue weighted by atomic mass is 9.95. The van der Waals surface area contributed by atoms with E-state index in [1.807, 2.05) is 0 Å². The summed E-state index contributed by atoms with van der Waals surface area (Å²) in [5, 5.41) is 0. The van der Waals surface area contributed by atoms with Crippen molar-refractivity contribution in [3.8, 4) is 0 Å². The van der Waals surface area contributed by atoms with Crippen LogP contribution in [0.3, 0.4) is 0 Å². The molecule has 1 aromatic heterocycles. The van der Waals surface area contributed by atoms with Crippen LogP contribution in [0, 0.1) is 5.92 Å². The average Bonchev–Trinajstić information content (AvgIpc) is 2.61. The van der Waals surface area contributed by atoms with E-state index in [0.717, 1.165) is 18.7 Å². The van der Waals surface area contributed by atoms with Crippen LogP contribution in [0.15, 0.2) is 0 Å². The van der Waals surface area contributed by atoms with Crippen LogP contribution in [0.4, 0.5) is 0 Å². The van der Waals surface area contributed by atoms with Crippen LogP contribution in [-0.4, -0.2) is 16.5 Å². The Morgan fingerprint density at radius 3 is 2.67 bits per heavy atom. The SMILES string of the molecule is CC(C)C(CN)c1nc2c([nH]1)CCCC2. The smallest absolute Gasteiger partial charge is 0.111 e. The predicted octanol–water partition coefficient (Wildman–Crippen LogP) is 1.99. The molecule has 3 heteroatoms. The lowest BCUT2D eigenvalue weighted by Crippen LogP contribution is -2.19. The van der Waals surface area contributed by atoms with Crippen molar-refractivity contribution in [2.75, 3.05) is 6.54 Å². The van der Waals surface area contributed by atoms with Crippen molar-refractivity contribution in [3.05, 3.63) is 17.2 Å². The van der Waals surface area contributed by atoms with E-state index < -0.39 is 0 Å². The topological polar surface area (TPSA) is 54.7 Å². The van der Waals surface area contributed by atoms with Gasteiger partial charge in [0.1, 0.15) is 5.82 Å². The van der Waals surface area contributed by atoms with Gasteiger partial charge in [-0.3, -0.25) is 0 Å². The number of rotatable bonds is 3. The zero-order chi connectivity index (χ0) is 10.8. The molecule has 1 aliphatic rings. The standard InChI is InChI=1S/C12H21N3/c1-8(2)9(7-13)12-14-10-5-3-4-6-11(10)15-12/h8-9H,3-7,13H2,1-2H3,(H,14,15). The second-order valence-corrected chi connectivity index (χ2v) is 4.84. The number of aromatic nitrogens is 2. The van der Waals surface area contributed by atoms with Crippen LogP contribution in [-0.2, 0) is 12.8 Å². The first-order valence-corrected chi connectivity index (χ1v) is 6.00. The Balaban J connectivity index is 2.24. The molecule has 0 fully saturated rings. The fraction of sp³-hybridized carbons (Fsp3) is 0.750. The Bertz CT molecular complexity index is 304. The van der Waals surface area contributed by atoms with Gasteiger partial charge in [-0.05, 0) is 31.6 Å². The Kier molecular flexibility index (Phi) is 3.10. The molecule has 1 unspecified atom stereocenters. The lowest BCUT2D eigenvalue weighted by molar-refractivity contribution is 0.486. The fourth-order valence-electron chi connectivity index (χ4n) is 2.35. The first-order chi connectivity index (χ1) is 7.22. The molecule has 0 aliphatic heterocycles. The number of nitrogens with two attached hydrogens (primary N) is 1. The van der Waals surface area contributed by atoms with E-state index in [2.05, 4.69) is 18.8 Å². The summed E-state index contributed by atoms with van der Waals surface area (Å²) in [5.74, 6) is 2.05. The summed E-state index contributed by atoms with van der Waals surface area (Å²) in [6, 6.07) is 0. The molecule has 0 saturated heterocycles. The van der Waals surface area contributed by atoms with E-state index in [-0.39, 0.29) is 0 Å². The zero-order valence-electron chi connectivity index (χ0n) is 9.71. The van der Waals surface area contributed by atoms with Crippen molar-refractivity contribution in [2.45, 2.75) is 45.4 Å². The fourth-order valence-corrected chi connectivity index (χ4v) is 2.35. The van der Waals surface area contributed by atoms with Gasteiger partial charge in [0.2, 0.25) is 0 Å². The summed E-state index contributed by atoms with van der Waals surface area (Å²) in [5.41, 5.74) is 8.45. The molecule has 15 heavy (non-hydrogen) atoms. The van der Waals surface area contributed by atoms with Crippen molar-refractivity contribution in [1.29, 1.82) is 0 Å². The first-order valence-electron chi connectivity index (χ1n) is 6.00. The number of hydrogen-bond donors (Lipinski definition) is 2. The highest BCUT2D eigenvalue weighted by atomic mass is 15.0. The molecule has 2 rings (SSSR count). The van der Waals surface area contributed by atoms with Gasteiger partial charge in [-0.15, -0.1) is 0 Å². The molecule has 1 aliphatic carbocycles. The van der Waals surface area contributed by atoms with Crippen LogP contribution >= 0.6 is 0 Å². The van der Waals surface area contributed by atoms with Gasteiger partial charge < -0.3 is 10.7 Å². The summed E-state index contributed by atoms with van der Waals surface area (Å²) in [6.07, 6.45) is 4.88.